The molecule has 0 radical (unpaired) electrons. The predicted octanol–water partition coefficient (Wildman–Crippen LogP) is 2.68. The highest BCUT2D eigenvalue weighted by atomic mass is 15.3. The van der Waals surface area contributed by atoms with Gasteiger partial charge in [-0.3, -0.25) is 0 Å². The van der Waals surface area contributed by atoms with E-state index in [1.807, 2.05) is 47.3 Å². The van der Waals surface area contributed by atoms with Crippen LogP contribution in [0.25, 0.3) is 5.69 Å². The molecule has 3 nitrogen and oxygen atoms in total. The summed E-state index contributed by atoms with van der Waals surface area (Å²) in [4.78, 5) is 0. The number of nitrogens with zero attached hydrogens (tertiary/aromatic N) is 2. The number of unbranched alkanes of at least 4 members (excludes halogenated alkanes) is 1. The molecule has 1 heterocycles. The molecule has 0 aliphatic rings. The van der Waals surface area contributed by atoms with Gasteiger partial charge < -0.3 is 5.73 Å². The van der Waals surface area contributed by atoms with E-state index >= 15 is 0 Å². The summed E-state index contributed by atoms with van der Waals surface area (Å²) in [5, 5.41) is 4.50. The minimum atomic E-state index is -0.0386. The molecular formula is C15H17N3. The number of hydrogen-bond donors (Lipinski definition) is 1. The van der Waals surface area contributed by atoms with Crippen LogP contribution in [0.1, 0.15) is 31.0 Å². The Morgan fingerprint density at radius 2 is 2.06 bits per heavy atom. The van der Waals surface area contributed by atoms with E-state index in [2.05, 4.69) is 11.0 Å². The van der Waals surface area contributed by atoms with E-state index in [1.165, 1.54) is 0 Å². The molecule has 1 atom stereocenters. The minimum absolute atomic E-state index is 0.0386. The largest absolute Gasteiger partial charge is 0.323 e. The topological polar surface area (TPSA) is 43.8 Å². The number of rotatable bonds is 5. The summed E-state index contributed by atoms with van der Waals surface area (Å²) >= 11 is 0. The first-order chi connectivity index (χ1) is 8.81. The second kappa shape index (κ2) is 6.04. The van der Waals surface area contributed by atoms with Crippen LogP contribution in [0.4, 0.5) is 0 Å². The third kappa shape index (κ3) is 2.99. The molecule has 2 N–H and O–H groups in total. The molecule has 1 aromatic carbocycles. The van der Waals surface area contributed by atoms with Crippen molar-refractivity contribution in [3.8, 4) is 18.0 Å². The van der Waals surface area contributed by atoms with Crippen molar-refractivity contribution in [2.75, 3.05) is 0 Å². The van der Waals surface area contributed by atoms with E-state index in [4.69, 9.17) is 12.2 Å². The van der Waals surface area contributed by atoms with Crippen LogP contribution in [0.5, 0.6) is 0 Å². The summed E-state index contributed by atoms with van der Waals surface area (Å²) < 4.78 is 1.84. The molecule has 1 unspecified atom stereocenters. The average molecular weight is 239 g/mol. The lowest BCUT2D eigenvalue weighted by Crippen LogP contribution is -2.11. The van der Waals surface area contributed by atoms with Crippen molar-refractivity contribution >= 4 is 0 Å². The van der Waals surface area contributed by atoms with Crippen LogP contribution in [0, 0.1) is 12.3 Å². The van der Waals surface area contributed by atoms with Gasteiger partial charge in [0.05, 0.1) is 11.4 Å². The minimum Gasteiger partial charge on any atom is -0.323 e. The quantitative estimate of drug-likeness (QED) is 0.644. The van der Waals surface area contributed by atoms with E-state index in [9.17, 15) is 0 Å². The highest BCUT2D eigenvalue weighted by Crippen LogP contribution is 2.16. The van der Waals surface area contributed by atoms with Crippen LogP contribution >= 0.6 is 0 Å². The van der Waals surface area contributed by atoms with Crippen molar-refractivity contribution in [2.45, 2.75) is 25.3 Å². The Bertz CT molecular complexity index is 522. The standard InChI is InChI=1S/C15H17N3/c1-2-3-5-10-14(16)15-11-12-18(17-15)13-8-6-4-7-9-13/h1,4,6-9,11-12,14H,3,5,10,16H2. The van der Waals surface area contributed by atoms with Gasteiger partial charge in [0.25, 0.3) is 0 Å². The van der Waals surface area contributed by atoms with Gasteiger partial charge in [0, 0.05) is 18.7 Å². The van der Waals surface area contributed by atoms with Crippen LogP contribution in [0.3, 0.4) is 0 Å². The molecule has 0 spiro atoms. The first kappa shape index (κ1) is 12.4. The number of para-hydroxylation sites is 1. The number of terminal acetylenes is 1. The van der Waals surface area contributed by atoms with E-state index in [1.54, 1.807) is 0 Å². The summed E-state index contributed by atoms with van der Waals surface area (Å²) in [6.45, 7) is 0. The third-order valence-electron chi connectivity index (χ3n) is 2.85. The lowest BCUT2D eigenvalue weighted by molar-refractivity contribution is 0.599. The lowest BCUT2D eigenvalue weighted by Gasteiger charge is -2.07. The Hall–Kier alpha value is -2.05. The van der Waals surface area contributed by atoms with Crippen LogP contribution in [-0.4, -0.2) is 9.78 Å². The van der Waals surface area contributed by atoms with Crippen molar-refractivity contribution in [1.82, 2.24) is 9.78 Å². The molecular weight excluding hydrogens is 222 g/mol. The van der Waals surface area contributed by atoms with Crippen LogP contribution in [0.15, 0.2) is 42.6 Å². The van der Waals surface area contributed by atoms with Gasteiger partial charge >= 0.3 is 0 Å². The molecule has 0 aliphatic carbocycles. The highest BCUT2D eigenvalue weighted by Gasteiger charge is 2.09. The molecule has 2 rings (SSSR count). The fraction of sp³-hybridized carbons (Fsp3) is 0.267. The van der Waals surface area contributed by atoms with Crippen molar-refractivity contribution < 1.29 is 0 Å². The molecule has 0 fully saturated rings. The molecule has 2 aromatic rings. The Labute approximate surface area is 108 Å². The fourth-order valence-electron chi connectivity index (χ4n) is 1.83. The van der Waals surface area contributed by atoms with Gasteiger partial charge in [-0.05, 0) is 31.0 Å². The SMILES string of the molecule is C#CCCCC(N)c1ccn(-c2ccccc2)n1. The van der Waals surface area contributed by atoms with Crippen molar-refractivity contribution in [3.63, 3.8) is 0 Å². The molecule has 1 aromatic heterocycles. The van der Waals surface area contributed by atoms with Gasteiger partial charge in [-0.15, -0.1) is 12.3 Å². The first-order valence-corrected chi connectivity index (χ1v) is 6.11. The van der Waals surface area contributed by atoms with Gasteiger partial charge in [-0.1, -0.05) is 18.2 Å². The van der Waals surface area contributed by atoms with Gasteiger partial charge in [0.1, 0.15) is 0 Å². The maximum absolute atomic E-state index is 6.08. The van der Waals surface area contributed by atoms with Crippen LogP contribution in [-0.2, 0) is 0 Å². The Morgan fingerprint density at radius 3 is 2.78 bits per heavy atom. The summed E-state index contributed by atoms with van der Waals surface area (Å²) in [7, 11) is 0. The molecule has 0 saturated carbocycles. The number of hydrogen-bond acceptors (Lipinski definition) is 2. The summed E-state index contributed by atoms with van der Waals surface area (Å²) in [6, 6.07) is 11.9. The zero-order valence-corrected chi connectivity index (χ0v) is 10.3. The molecule has 0 aliphatic heterocycles. The van der Waals surface area contributed by atoms with E-state index in [0.29, 0.717) is 0 Å². The first-order valence-electron chi connectivity index (χ1n) is 6.11. The monoisotopic (exact) mass is 239 g/mol. The summed E-state index contributed by atoms with van der Waals surface area (Å²) in [6.07, 6.45) is 9.74. The second-order valence-corrected chi connectivity index (χ2v) is 4.22. The zero-order chi connectivity index (χ0) is 12.8. The molecule has 3 heteroatoms. The van der Waals surface area contributed by atoms with Crippen molar-refractivity contribution in [1.29, 1.82) is 0 Å². The molecule has 18 heavy (non-hydrogen) atoms. The van der Waals surface area contributed by atoms with Crippen LogP contribution < -0.4 is 5.73 Å². The Balaban J connectivity index is 2.04. The fourth-order valence-corrected chi connectivity index (χ4v) is 1.83. The number of benzene rings is 1. The number of nitrogens with two attached hydrogens (primary N) is 1. The molecule has 0 bridgehead atoms. The normalized spacial score (nSPS) is 12.0. The predicted molar refractivity (Wildman–Crippen MR) is 73.2 cm³/mol. The van der Waals surface area contributed by atoms with Gasteiger partial charge in [0.15, 0.2) is 0 Å². The van der Waals surface area contributed by atoms with Crippen LogP contribution in [0.2, 0.25) is 0 Å². The van der Waals surface area contributed by atoms with Gasteiger partial charge in [0.2, 0.25) is 0 Å². The maximum atomic E-state index is 6.08. The van der Waals surface area contributed by atoms with E-state index in [0.717, 1.165) is 30.6 Å². The third-order valence-corrected chi connectivity index (χ3v) is 2.85. The smallest absolute Gasteiger partial charge is 0.0796 e. The second-order valence-electron chi connectivity index (χ2n) is 4.22. The molecule has 92 valence electrons. The van der Waals surface area contributed by atoms with Gasteiger partial charge in [-0.25, -0.2) is 4.68 Å². The molecule has 0 amide bonds. The Kier molecular flexibility index (Phi) is 4.16. The summed E-state index contributed by atoms with van der Waals surface area (Å²) in [5.74, 6) is 2.62. The average Bonchev–Trinajstić information content (AvgIpc) is 2.89. The Morgan fingerprint density at radius 1 is 1.28 bits per heavy atom. The maximum Gasteiger partial charge on any atom is 0.0796 e. The van der Waals surface area contributed by atoms with Crippen molar-refractivity contribution in [2.24, 2.45) is 5.73 Å². The van der Waals surface area contributed by atoms with E-state index < -0.39 is 0 Å². The van der Waals surface area contributed by atoms with Gasteiger partial charge in [-0.2, -0.15) is 5.10 Å². The molecule has 0 saturated heterocycles. The van der Waals surface area contributed by atoms with Crippen molar-refractivity contribution in [3.05, 3.63) is 48.3 Å². The number of aromatic nitrogens is 2. The zero-order valence-electron chi connectivity index (χ0n) is 10.3. The lowest BCUT2D eigenvalue weighted by atomic mass is 10.1. The highest BCUT2D eigenvalue weighted by molar-refractivity contribution is 5.30. The van der Waals surface area contributed by atoms with E-state index in [-0.39, 0.29) is 6.04 Å². The summed E-state index contributed by atoms with van der Waals surface area (Å²) in [5.41, 5.74) is 8.04.